The van der Waals surface area contributed by atoms with Crippen LogP contribution in [-0.4, -0.2) is 10.2 Å². The molecule has 4 heteroatoms. The number of nitrogens with one attached hydrogen (secondary N) is 1. The van der Waals surface area contributed by atoms with Crippen molar-refractivity contribution >= 4 is 12.2 Å². The molecule has 0 fully saturated rings. The van der Waals surface area contributed by atoms with Gasteiger partial charge < -0.3 is 4.42 Å². The Labute approximate surface area is 74.0 Å². The van der Waals surface area contributed by atoms with Crippen molar-refractivity contribution in [1.82, 2.24) is 10.2 Å². The lowest BCUT2D eigenvalue weighted by molar-refractivity contribution is 0.581. The first-order valence-electron chi connectivity index (χ1n) is 3.45. The molecule has 0 aliphatic heterocycles. The lowest BCUT2D eigenvalue weighted by Gasteiger charge is -1.92. The normalized spacial score (nSPS) is 10.0. The summed E-state index contributed by atoms with van der Waals surface area (Å²) in [6.45, 7) is 0. The lowest BCUT2D eigenvalue weighted by Crippen LogP contribution is -1.81. The summed E-state index contributed by atoms with van der Waals surface area (Å²) in [4.78, 5) is 0. The molecule has 2 heterocycles. The summed E-state index contributed by atoms with van der Waals surface area (Å²) in [5.74, 6) is 0.780. The first-order chi connectivity index (χ1) is 5.86. The van der Waals surface area contributed by atoms with E-state index in [0.717, 1.165) is 11.3 Å². The molecule has 0 unspecified atom stereocenters. The third-order valence-electron chi connectivity index (χ3n) is 1.47. The highest BCUT2D eigenvalue weighted by atomic mass is 32.1. The molecule has 3 nitrogen and oxygen atoms in total. The fourth-order valence-corrected chi connectivity index (χ4v) is 1.13. The Kier molecular flexibility index (Phi) is 1.75. The average molecular weight is 178 g/mol. The van der Waals surface area contributed by atoms with Gasteiger partial charge in [0.15, 0.2) is 0 Å². The van der Waals surface area contributed by atoms with E-state index in [2.05, 4.69) is 10.2 Å². The van der Waals surface area contributed by atoms with E-state index in [1.54, 1.807) is 18.5 Å². The summed E-state index contributed by atoms with van der Waals surface area (Å²) in [6, 6.07) is 5.50. The predicted octanol–water partition coefficient (Wildman–Crippen LogP) is 2.40. The van der Waals surface area contributed by atoms with Crippen molar-refractivity contribution in [2.24, 2.45) is 0 Å². The number of hydrogen-bond acceptors (Lipinski definition) is 3. The molecule has 0 aliphatic carbocycles. The van der Waals surface area contributed by atoms with E-state index in [4.69, 9.17) is 16.6 Å². The lowest BCUT2D eigenvalue weighted by atomic mass is 10.2. The van der Waals surface area contributed by atoms with Crippen LogP contribution in [0.3, 0.4) is 0 Å². The number of hydrogen-bond donors (Lipinski definition) is 1. The van der Waals surface area contributed by atoms with Gasteiger partial charge in [-0.3, -0.25) is 5.10 Å². The molecule has 2 rings (SSSR count). The highest BCUT2D eigenvalue weighted by Crippen LogP contribution is 2.17. The van der Waals surface area contributed by atoms with Crippen molar-refractivity contribution < 1.29 is 4.42 Å². The van der Waals surface area contributed by atoms with E-state index >= 15 is 0 Å². The van der Waals surface area contributed by atoms with E-state index in [9.17, 15) is 0 Å². The fraction of sp³-hybridized carbons (Fsp3) is 0. The zero-order valence-corrected chi connectivity index (χ0v) is 6.97. The van der Waals surface area contributed by atoms with Crippen LogP contribution in [0, 0.1) is 4.64 Å². The van der Waals surface area contributed by atoms with E-state index < -0.39 is 0 Å². The Hall–Kier alpha value is -1.42. The molecule has 0 amide bonds. The summed E-state index contributed by atoms with van der Waals surface area (Å²) in [5, 5.41) is 6.51. The van der Waals surface area contributed by atoms with E-state index in [-0.39, 0.29) is 0 Å². The topological polar surface area (TPSA) is 41.8 Å². The van der Waals surface area contributed by atoms with Gasteiger partial charge in [0, 0.05) is 5.56 Å². The van der Waals surface area contributed by atoms with Crippen LogP contribution in [0.4, 0.5) is 0 Å². The maximum absolute atomic E-state index is 5.17. The summed E-state index contributed by atoms with van der Waals surface area (Å²) in [5.41, 5.74) is 0.892. The molecule has 0 saturated carbocycles. The molecule has 60 valence electrons. The van der Waals surface area contributed by atoms with Crippen molar-refractivity contribution in [2.75, 3.05) is 0 Å². The molecule has 2 aromatic rings. The summed E-state index contributed by atoms with van der Waals surface area (Å²) < 4.78 is 5.78. The number of furan rings is 1. The highest BCUT2D eigenvalue weighted by Gasteiger charge is 1.98. The predicted molar refractivity (Wildman–Crippen MR) is 47.1 cm³/mol. The standard InChI is InChI=1S/C8H6N2OS/c12-8-4-6(5-9-10-8)7-2-1-3-11-7/h1-5H,(H,10,12). The van der Waals surface area contributed by atoms with Gasteiger partial charge in [-0.2, -0.15) is 5.10 Å². The van der Waals surface area contributed by atoms with Crippen LogP contribution < -0.4 is 0 Å². The molecule has 1 N–H and O–H groups in total. The van der Waals surface area contributed by atoms with Crippen LogP contribution in [0.5, 0.6) is 0 Å². The van der Waals surface area contributed by atoms with E-state index in [1.807, 2.05) is 12.1 Å². The summed E-state index contributed by atoms with van der Waals surface area (Å²) >= 11 is 4.91. The Bertz CT molecular complexity index is 419. The minimum Gasteiger partial charge on any atom is -0.464 e. The van der Waals surface area contributed by atoms with Crippen LogP contribution in [0.2, 0.25) is 0 Å². The number of rotatable bonds is 1. The van der Waals surface area contributed by atoms with Crippen LogP contribution >= 0.6 is 12.2 Å². The zero-order chi connectivity index (χ0) is 8.39. The summed E-state index contributed by atoms with van der Waals surface area (Å²) in [7, 11) is 0. The largest absolute Gasteiger partial charge is 0.464 e. The molecule has 0 spiro atoms. The van der Waals surface area contributed by atoms with E-state index in [0.29, 0.717) is 4.64 Å². The molecular formula is C8H6N2OS. The molecule has 0 saturated heterocycles. The van der Waals surface area contributed by atoms with Gasteiger partial charge in [-0.05, 0) is 18.2 Å². The number of aromatic nitrogens is 2. The second kappa shape index (κ2) is 2.91. The SMILES string of the molecule is S=c1cc(-c2ccco2)cn[nH]1. The molecule has 0 aliphatic rings. The van der Waals surface area contributed by atoms with Gasteiger partial charge in [0.05, 0.1) is 12.5 Å². The number of aromatic amines is 1. The molecule has 0 radical (unpaired) electrons. The van der Waals surface area contributed by atoms with Gasteiger partial charge in [0.1, 0.15) is 10.4 Å². The van der Waals surface area contributed by atoms with Gasteiger partial charge >= 0.3 is 0 Å². The second-order valence-corrected chi connectivity index (χ2v) is 2.75. The quantitative estimate of drug-likeness (QED) is 0.682. The van der Waals surface area contributed by atoms with Crippen LogP contribution in [-0.2, 0) is 0 Å². The minimum atomic E-state index is 0.601. The van der Waals surface area contributed by atoms with Gasteiger partial charge in [-0.15, -0.1) is 0 Å². The Morgan fingerprint density at radius 3 is 3.08 bits per heavy atom. The minimum absolute atomic E-state index is 0.601. The van der Waals surface area contributed by atoms with Gasteiger partial charge in [-0.1, -0.05) is 12.2 Å². The monoisotopic (exact) mass is 178 g/mol. The van der Waals surface area contributed by atoms with Gasteiger partial charge in [0.25, 0.3) is 0 Å². The van der Waals surface area contributed by atoms with Gasteiger partial charge in [0.2, 0.25) is 0 Å². The van der Waals surface area contributed by atoms with Gasteiger partial charge in [-0.25, -0.2) is 0 Å². The smallest absolute Gasteiger partial charge is 0.135 e. The Balaban J connectivity index is 2.55. The first-order valence-corrected chi connectivity index (χ1v) is 3.86. The maximum atomic E-state index is 5.17. The molecule has 2 aromatic heterocycles. The molecule has 12 heavy (non-hydrogen) atoms. The van der Waals surface area contributed by atoms with Crippen LogP contribution in [0.1, 0.15) is 0 Å². The van der Waals surface area contributed by atoms with Crippen molar-refractivity contribution in [3.8, 4) is 11.3 Å². The third kappa shape index (κ3) is 1.29. The first kappa shape index (κ1) is 7.24. The van der Waals surface area contributed by atoms with Crippen molar-refractivity contribution in [1.29, 1.82) is 0 Å². The number of nitrogens with zero attached hydrogens (tertiary/aromatic N) is 1. The second-order valence-electron chi connectivity index (χ2n) is 2.31. The van der Waals surface area contributed by atoms with Crippen molar-refractivity contribution in [2.45, 2.75) is 0 Å². The molecule has 0 bridgehead atoms. The van der Waals surface area contributed by atoms with Crippen molar-refractivity contribution in [3.63, 3.8) is 0 Å². The summed E-state index contributed by atoms with van der Waals surface area (Å²) in [6.07, 6.45) is 3.30. The Morgan fingerprint density at radius 2 is 2.42 bits per heavy atom. The number of H-pyrrole nitrogens is 1. The highest BCUT2D eigenvalue weighted by molar-refractivity contribution is 7.71. The Morgan fingerprint density at radius 1 is 1.50 bits per heavy atom. The van der Waals surface area contributed by atoms with Crippen LogP contribution in [0.25, 0.3) is 11.3 Å². The third-order valence-corrected chi connectivity index (χ3v) is 1.68. The average Bonchev–Trinajstić information content (AvgIpc) is 2.56. The van der Waals surface area contributed by atoms with Crippen LogP contribution in [0.15, 0.2) is 35.1 Å². The van der Waals surface area contributed by atoms with Crippen molar-refractivity contribution in [3.05, 3.63) is 35.3 Å². The molecule has 0 aromatic carbocycles. The fourth-order valence-electron chi connectivity index (χ4n) is 0.954. The molecular weight excluding hydrogens is 172 g/mol. The van der Waals surface area contributed by atoms with E-state index in [1.165, 1.54) is 0 Å². The zero-order valence-electron chi connectivity index (χ0n) is 6.15. The maximum Gasteiger partial charge on any atom is 0.135 e. The molecule has 0 atom stereocenters.